The van der Waals surface area contributed by atoms with E-state index in [-0.39, 0.29) is 30.8 Å². The number of pyridine rings is 1. The van der Waals surface area contributed by atoms with E-state index in [4.69, 9.17) is 18.9 Å². The number of hydrogen-bond donors (Lipinski definition) is 2. The maximum atomic E-state index is 12.5. The lowest BCUT2D eigenvalue weighted by Crippen LogP contribution is -2.45. The Kier molecular flexibility index (Phi) is 10.3. The van der Waals surface area contributed by atoms with Crippen molar-refractivity contribution in [3.8, 4) is 17.2 Å². The maximum Gasteiger partial charge on any atom is 0.331 e. The molecule has 37 heavy (non-hydrogen) atoms. The Hall–Kier alpha value is -4.11. The normalized spacial score (nSPS) is 19.5. The highest BCUT2D eigenvalue weighted by Crippen LogP contribution is 2.27. The lowest BCUT2D eigenvalue weighted by atomic mass is 10.2. The van der Waals surface area contributed by atoms with Crippen LogP contribution >= 0.6 is 0 Å². The minimum atomic E-state index is -1.07. The van der Waals surface area contributed by atoms with E-state index >= 15 is 0 Å². The molecule has 0 bridgehead atoms. The van der Waals surface area contributed by atoms with Crippen LogP contribution in [0.2, 0.25) is 0 Å². The van der Waals surface area contributed by atoms with Crippen molar-refractivity contribution in [2.24, 2.45) is 0 Å². The van der Waals surface area contributed by atoms with Gasteiger partial charge < -0.3 is 29.4 Å². The molecule has 1 fully saturated rings. The molecule has 3 aromatic rings. The number of aromatic nitrogens is 1. The number of methoxy groups -OCH3 is 1. The molecule has 0 radical (unpaired) electrons. The highest BCUT2D eigenvalue weighted by atomic mass is 16.6. The quantitative estimate of drug-likeness (QED) is 0.502. The van der Waals surface area contributed by atoms with Gasteiger partial charge in [0, 0.05) is 18.7 Å². The standard InChI is InChI=1S/C21H24N2O7.C7H8/c1-13-10-15(30-14-6-4-3-5-7-14)11-28-12-16(21(26)29-13)23-20(25)18-19(24)17(27-2)8-9-22-18;1-7-5-3-2-4-6-7/h3-9,13,15-16,24H,10-12H2,1-2H3,(H,23,25);2-6H,1H3/t13?,15?,16-;/m0./s1. The molecule has 9 nitrogen and oxygen atoms in total. The van der Waals surface area contributed by atoms with Gasteiger partial charge in [-0.3, -0.25) is 4.79 Å². The number of hydrogen-bond acceptors (Lipinski definition) is 8. The van der Waals surface area contributed by atoms with E-state index in [0.29, 0.717) is 12.2 Å². The monoisotopic (exact) mass is 508 g/mol. The summed E-state index contributed by atoms with van der Waals surface area (Å²) in [5, 5.41) is 12.6. The average molecular weight is 509 g/mol. The van der Waals surface area contributed by atoms with E-state index in [2.05, 4.69) is 29.4 Å². The smallest absolute Gasteiger partial charge is 0.331 e. The number of aromatic hydroxyl groups is 1. The first-order valence-electron chi connectivity index (χ1n) is 11.9. The summed E-state index contributed by atoms with van der Waals surface area (Å²) in [7, 11) is 1.36. The first kappa shape index (κ1) is 27.5. The minimum absolute atomic E-state index is 0.0953. The molecule has 1 amide bonds. The number of esters is 1. The number of carbonyl (C=O) groups excluding carboxylic acids is 2. The van der Waals surface area contributed by atoms with Gasteiger partial charge in [-0.2, -0.15) is 0 Å². The summed E-state index contributed by atoms with van der Waals surface area (Å²) in [6.45, 7) is 3.93. The van der Waals surface area contributed by atoms with Crippen molar-refractivity contribution in [2.45, 2.75) is 38.5 Å². The van der Waals surface area contributed by atoms with E-state index in [9.17, 15) is 14.7 Å². The molecule has 1 aromatic heterocycles. The van der Waals surface area contributed by atoms with Crippen LogP contribution < -0.4 is 14.8 Å². The van der Waals surface area contributed by atoms with Crippen molar-refractivity contribution in [3.63, 3.8) is 0 Å². The third-order valence-electron chi connectivity index (χ3n) is 5.40. The van der Waals surface area contributed by atoms with Gasteiger partial charge in [0.1, 0.15) is 18.0 Å². The molecule has 9 heteroatoms. The molecule has 0 saturated carbocycles. The second kappa shape index (κ2) is 13.8. The van der Waals surface area contributed by atoms with Gasteiger partial charge in [0.25, 0.3) is 5.91 Å². The third kappa shape index (κ3) is 8.50. The Bertz CT molecular complexity index is 1140. The molecular formula is C28H32N2O7. The second-order valence-electron chi connectivity index (χ2n) is 8.46. The summed E-state index contributed by atoms with van der Waals surface area (Å²) in [6, 6.07) is 19.9. The van der Waals surface area contributed by atoms with Crippen LogP contribution in [0.1, 0.15) is 29.4 Å². The zero-order valence-corrected chi connectivity index (χ0v) is 21.1. The first-order chi connectivity index (χ1) is 17.9. The fraction of sp³-hybridized carbons (Fsp3) is 0.321. The van der Waals surface area contributed by atoms with Gasteiger partial charge in [-0.15, -0.1) is 0 Å². The molecule has 0 spiro atoms. The van der Waals surface area contributed by atoms with Gasteiger partial charge in [-0.05, 0) is 26.0 Å². The van der Waals surface area contributed by atoms with E-state index in [1.807, 2.05) is 48.5 Å². The van der Waals surface area contributed by atoms with Crippen LogP contribution in [0.25, 0.3) is 0 Å². The molecular weight excluding hydrogens is 476 g/mol. The van der Waals surface area contributed by atoms with Crippen LogP contribution in [-0.4, -0.2) is 60.5 Å². The molecule has 2 aromatic carbocycles. The molecule has 1 aliphatic heterocycles. The largest absolute Gasteiger partial charge is 0.503 e. The number of rotatable bonds is 5. The van der Waals surface area contributed by atoms with Gasteiger partial charge in [0.05, 0.1) is 20.3 Å². The topological polar surface area (TPSA) is 116 Å². The predicted molar refractivity (Wildman–Crippen MR) is 137 cm³/mol. The molecule has 2 N–H and O–H groups in total. The fourth-order valence-electron chi connectivity index (χ4n) is 3.55. The highest BCUT2D eigenvalue weighted by Gasteiger charge is 2.30. The Morgan fingerprint density at radius 3 is 2.35 bits per heavy atom. The predicted octanol–water partition coefficient (Wildman–Crippen LogP) is 3.69. The van der Waals surface area contributed by atoms with Gasteiger partial charge in [0.15, 0.2) is 23.2 Å². The minimum Gasteiger partial charge on any atom is -0.503 e. The van der Waals surface area contributed by atoms with Crippen LogP contribution in [-0.2, 0) is 14.3 Å². The lowest BCUT2D eigenvalue weighted by Gasteiger charge is -2.21. The summed E-state index contributed by atoms with van der Waals surface area (Å²) in [6.07, 6.45) is 0.975. The van der Waals surface area contributed by atoms with Crippen LogP contribution in [0.3, 0.4) is 0 Å². The summed E-state index contributed by atoms with van der Waals surface area (Å²) in [5.41, 5.74) is 1.06. The number of cyclic esters (lactones) is 1. The van der Waals surface area contributed by atoms with Crippen molar-refractivity contribution in [1.29, 1.82) is 0 Å². The molecule has 1 saturated heterocycles. The third-order valence-corrected chi connectivity index (χ3v) is 5.40. The van der Waals surface area contributed by atoms with Gasteiger partial charge in [0.2, 0.25) is 0 Å². The summed E-state index contributed by atoms with van der Waals surface area (Å²) < 4.78 is 22.0. The van der Waals surface area contributed by atoms with E-state index in [1.54, 1.807) is 6.92 Å². The number of ether oxygens (including phenoxy) is 4. The van der Waals surface area contributed by atoms with Crippen LogP contribution in [0.15, 0.2) is 72.9 Å². The molecule has 3 atom stereocenters. The lowest BCUT2D eigenvalue weighted by molar-refractivity contribution is -0.151. The van der Waals surface area contributed by atoms with Crippen molar-refractivity contribution < 1.29 is 33.6 Å². The Balaban J connectivity index is 0.000000468. The number of nitrogens with one attached hydrogen (secondary N) is 1. The van der Waals surface area contributed by atoms with Crippen LogP contribution in [0.5, 0.6) is 17.2 Å². The zero-order chi connectivity index (χ0) is 26.6. The van der Waals surface area contributed by atoms with E-state index in [0.717, 1.165) is 0 Å². The number of aryl methyl sites for hydroxylation is 1. The van der Waals surface area contributed by atoms with E-state index in [1.165, 1.54) is 24.9 Å². The Morgan fingerprint density at radius 1 is 1.05 bits per heavy atom. The Labute approximate surface area is 216 Å². The van der Waals surface area contributed by atoms with Gasteiger partial charge in [-0.1, -0.05) is 54.1 Å². The zero-order valence-electron chi connectivity index (χ0n) is 21.1. The van der Waals surface area contributed by atoms with Crippen molar-refractivity contribution in [3.05, 3.63) is 84.2 Å². The number of nitrogens with zero attached hydrogens (tertiary/aromatic N) is 1. The van der Waals surface area contributed by atoms with Crippen molar-refractivity contribution in [1.82, 2.24) is 10.3 Å². The molecule has 0 aliphatic carbocycles. The van der Waals surface area contributed by atoms with Gasteiger partial charge in [-0.25, -0.2) is 9.78 Å². The SMILES string of the molecule is COc1ccnc(C(=O)N[C@H]2COCC(Oc3ccccc3)CC(C)OC2=O)c1O.Cc1ccccc1. The summed E-state index contributed by atoms with van der Waals surface area (Å²) >= 11 is 0. The van der Waals surface area contributed by atoms with Gasteiger partial charge >= 0.3 is 5.97 Å². The molecule has 2 unspecified atom stereocenters. The highest BCUT2D eigenvalue weighted by molar-refractivity contribution is 5.98. The van der Waals surface area contributed by atoms with Crippen LogP contribution in [0, 0.1) is 6.92 Å². The second-order valence-corrected chi connectivity index (χ2v) is 8.46. The first-order valence-corrected chi connectivity index (χ1v) is 11.9. The number of amides is 1. The number of carbonyl (C=O) groups is 2. The fourth-order valence-corrected chi connectivity index (χ4v) is 3.55. The molecule has 196 valence electrons. The molecule has 4 rings (SSSR count). The average Bonchev–Trinajstić information content (AvgIpc) is 2.95. The van der Waals surface area contributed by atoms with E-state index < -0.39 is 29.8 Å². The maximum absolute atomic E-state index is 12.5. The Morgan fingerprint density at radius 2 is 1.73 bits per heavy atom. The van der Waals surface area contributed by atoms with Crippen LogP contribution in [0.4, 0.5) is 0 Å². The number of benzene rings is 2. The number of para-hydroxylation sites is 1. The van der Waals surface area contributed by atoms with Crippen molar-refractivity contribution in [2.75, 3.05) is 20.3 Å². The van der Waals surface area contributed by atoms with Crippen molar-refractivity contribution >= 4 is 11.9 Å². The molecule has 2 heterocycles. The molecule has 1 aliphatic rings. The summed E-state index contributed by atoms with van der Waals surface area (Å²) in [4.78, 5) is 28.9. The summed E-state index contributed by atoms with van der Waals surface area (Å²) in [5.74, 6) is -1.02.